The molecule has 0 aliphatic rings. The Morgan fingerprint density at radius 3 is 2.55 bits per heavy atom. The Morgan fingerprint density at radius 1 is 1.03 bits per heavy atom. The number of amides is 1. The minimum atomic E-state index is -3.91. The molecule has 0 atom stereocenters. The van der Waals surface area contributed by atoms with Crippen LogP contribution in [0.4, 0.5) is 4.39 Å². The number of nitrogens with one attached hydrogen (secondary N) is 4. The number of aromatic amines is 2. The van der Waals surface area contributed by atoms with Crippen molar-refractivity contribution in [1.82, 2.24) is 20.0 Å². The summed E-state index contributed by atoms with van der Waals surface area (Å²) in [4.78, 5) is 39.3. The van der Waals surface area contributed by atoms with Crippen LogP contribution in [0.5, 0.6) is 0 Å². The van der Waals surface area contributed by atoms with Crippen LogP contribution in [0, 0.1) is 5.82 Å². The van der Waals surface area contributed by atoms with Gasteiger partial charge >= 0.3 is 5.69 Å². The van der Waals surface area contributed by atoms with E-state index < -0.39 is 33.0 Å². The van der Waals surface area contributed by atoms with Gasteiger partial charge in [0, 0.05) is 13.1 Å². The summed E-state index contributed by atoms with van der Waals surface area (Å²) in [5.41, 5.74) is -1.26. The Balaban J connectivity index is 1.58. The highest BCUT2D eigenvalue weighted by atomic mass is 32.2. The van der Waals surface area contributed by atoms with Gasteiger partial charge in [0.15, 0.2) is 0 Å². The first-order valence-corrected chi connectivity index (χ1v) is 10.0. The molecule has 0 fully saturated rings. The molecule has 152 valence electrons. The van der Waals surface area contributed by atoms with E-state index >= 15 is 0 Å². The topological polar surface area (TPSA) is 141 Å². The van der Waals surface area contributed by atoms with Crippen LogP contribution in [0.1, 0.15) is 16.8 Å². The highest BCUT2D eigenvalue weighted by Crippen LogP contribution is 2.13. The smallest absolute Gasteiger partial charge is 0.326 e. The van der Waals surface area contributed by atoms with E-state index in [1.165, 1.54) is 36.4 Å². The van der Waals surface area contributed by atoms with Crippen LogP contribution >= 0.6 is 0 Å². The fourth-order valence-corrected chi connectivity index (χ4v) is 3.73. The number of carbonyl (C=O) groups excluding carboxylic acids is 1. The van der Waals surface area contributed by atoms with E-state index in [4.69, 9.17) is 0 Å². The monoisotopic (exact) mass is 420 g/mol. The summed E-state index contributed by atoms with van der Waals surface area (Å²) in [5.74, 6) is -1.23. The van der Waals surface area contributed by atoms with E-state index in [1.54, 1.807) is 0 Å². The van der Waals surface area contributed by atoms with E-state index in [-0.39, 0.29) is 40.9 Å². The average Bonchev–Trinajstić information content (AvgIpc) is 2.67. The lowest BCUT2D eigenvalue weighted by atomic mass is 10.2. The number of H-pyrrole nitrogens is 2. The van der Waals surface area contributed by atoms with E-state index in [0.29, 0.717) is 0 Å². The van der Waals surface area contributed by atoms with Crippen LogP contribution in [-0.2, 0) is 10.0 Å². The van der Waals surface area contributed by atoms with Crippen LogP contribution in [-0.4, -0.2) is 37.4 Å². The lowest BCUT2D eigenvalue weighted by Gasteiger charge is -2.09. The molecule has 9 nitrogen and oxygen atoms in total. The van der Waals surface area contributed by atoms with E-state index in [2.05, 4.69) is 15.0 Å². The fourth-order valence-electron chi connectivity index (χ4n) is 2.63. The molecule has 0 saturated carbocycles. The first-order chi connectivity index (χ1) is 13.8. The number of hydrogen-bond acceptors (Lipinski definition) is 5. The number of fused-ring (bicyclic) bond motifs is 1. The summed E-state index contributed by atoms with van der Waals surface area (Å²) in [6, 6.07) is 9.28. The number of sulfonamides is 1. The van der Waals surface area contributed by atoms with Crippen LogP contribution in [0.2, 0.25) is 0 Å². The third-order valence-corrected chi connectivity index (χ3v) is 5.53. The molecule has 1 amide bonds. The summed E-state index contributed by atoms with van der Waals surface area (Å²) in [6.45, 7) is 0.147. The van der Waals surface area contributed by atoms with Gasteiger partial charge in [0.25, 0.3) is 11.5 Å². The summed E-state index contributed by atoms with van der Waals surface area (Å²) >= 11 is 0. The van der Waals surface area contributed by atoms with Crippen LogP contribution in [0.25, 0.3) is 10.9 Å². The second kappa shape index (κ2) is 8.37. The zero-order valence-electron chi connectivity index (χ0n) is 15.0. The second-order valence-electron chi connectivity index (χ2n) is 6.10. The van der Waals surface area contributed by atoms with Gasteiger partial charge in [-0.3, -0.25) is 14.6 Å². The number of carbonyl (C=O) groups is 1. The minimum Gasteiger partial charge on any atom is -0.352 e. The first-order valence-electron chi connectivity index (χ1n) is 8.57. The lowest BCUT2D eigenvalue weighted by molar-refractivity contribution is 0.0949. The highest BCUT2D eigenvalue weighted by molar-refractivity contribution is 7.89. The van der Waals surface area contributed by atoms with Crippen molar-refractivity contribution >= 4 is 26.8 Å². The van der Waals surface area contributed by atoms with Crippen molar-refractivity contribution in [2.24, 2.45) is 0 Å². The molecule has 4 N–H and O–H groups in total. The van der Waals surface area contributed by atoms with E-state index in [9.17, 15) is 27.2 Å². The maximum absolute atomic E-state index is 13.5. The molecule has 0 unspecified atom stereocenters. The summed E-state index contributed by atoms with van der Waals surface area (Å²) in [6.07, 6.45) is 0.265. The molecule has 11 heteroatoms. The van der Waals surface area contributed by atoms with Gasteiger partial charge in [-0.1, -0.05) is 12.1 Å². The third-order valence-electron chi connectivity index (χ3n) is 4.07. The average molecular weight is 420 g/mol. The maximum atomic E-state index is 13.5. The number of rotatable bonds is 7. The molecule has 0 bridgehead atoms. The zero-order valence-corrected chi connectivity index (χ0v) is 15.8. The summed E-state index contributed by atoms with van der Waals surface area (Å²) in [5, 5.41) is 2.54. The summed E-state index contributed by atoms with van der Waals surface area (Å²) in [7, 11) is -3.91. The van der Waals surface area contributed by atoms with Gasteiger partial charge in [-0.05, 0) is 36.8 Å². The lowest BCUT2D eigenvalue weighted by Crippen LogP contribution is -2.30. The van der Waals surface area contributed by atoms with Crippen molar-refractivity contribution in [2.75, 3.05) is 13.1 Å². The fraction of sp³-hybridized carbons (Fsp3) is 0.167. The molecule has 1 heterocycles. The quantitative estimate of drug-likeness (QED) is 0.411. The van der Waals surface area contributed by atoms with Crippen molar-refractivity contribution in [3.8, 4) is 0 Å². The standard InChI is InChI=1S/C18H17FN4O5S/c19-14-5-2-1-4-12(14)16(24)20-8-3-9-21-29(27,28)11-6-7-15-13(10-11)17(25)23-18(26)22-15/h1-2,4-7,10,21H,3,8-9H2,(H,20,24)(H2,22,23,25,26). The van der Waals surface area contributed by atoms with Gasteiger partial charge < -0.3 is 10.3 Å². The molecule has 3 rings (SSSR count). The van der Waals surface area contributed by atoms with Crippen LogP contribution < -0.4 is 21.3 Å². The van der Waals surface area contributed by atoms with Gasteiger partial charge in [-0.25, -0.2) is 22.3 Å². The number of benzene rings is 2. The SMILES string of the molecule is O=C(NCCCNS(=O)(=O)c1ccc2[nH]c(=O)[nH]c(=O)c2c1)c1ccccc1F. The molecule has 0 aliphatic carbocycles. The number of hydrogen-bond donors (Lipinski definition) is 4. The summed E-state index contributed by atoms with van der Waals surface area (Å²) < 4.78 is 40.7. The first kappa shape index (κ1) is 20.4. The zero-order chi connectivity index (χ0) is 21.0. The minimum absolute atomic E-state index is 0.0138. The Kier molecular flexibility index (Phi) is 5.89. The molecule has 3 aromatic rings. The largest absolute Gasteiger partial charge is 0.352 e. The van der Waals surface area contributed by atoms with Crippen molar-refractivity contribution < 1.29 is 17.6 Å². The molecule has 2 aromatic carbocycles. The molecular weight excluding hydrogens is 403 g/mol. The predicted octanol–water partition coefficient (Wildman–Crippen LogP) is 0.454. The second-order valence-corrected chi connectivity index (χ2v) is 7.87. The molecule has 0 spiro atoms. The van der Waals surface area contributed by atoms with Crippen molar-refractivity contribution in [3.05, 3.63) is 74.7 Å². The normalized spacial score (nSPS) is 11.5. The molecule has 0 aliphatic heterocycles. The molecule has 1 aromatic heterocycles. The Bertz CT molecular complexity index is 1280. The Labute approximate surface area is 164 Å². The molecule has 0 saturated heterocycles. The van der Waals surface area contributed by atoms with Crippen LogP contribution in [0.3, 0.4) is 0 Å². The van der Waals surface area contributed by atoms with Crippen LogP contribution in [0.15, 0.2) is 56.9 Å². The predicted molar refractivity (Wildman–Crippen MR) is 104 cm³/mol. The molecule has 0 radical (unpaired) electrons. The van der Waals surface area contributed by atoms with Gasteiger partial charge in [0.05, 0.1) is 21.4 Å². The van der Waals surface area contributed by atoms with Crippen molar-refractivity contribution in [3.63, 3.8) is 0 Å². The number of aromatic nitrogens is 2. The van der Waals surface area contributed by atoms with Gasteiger partial charge in [0.2, 0.25) is 10.0 Å². The molecule has 29 heavy (non-hydrogen) atoms. The maximum Gasteiger partial charge on any atom is 0.326 e. The van der Waals surface area contributed by atoms with E-state index in [1.807, 2.05) is 4.98 Å². The Hall–Kier alpha value is -3.31. The van der Waals surface area contributed by atoms with E-state index in [0.717, 1.165) is 6.07 Å². The number of halogens is 1. The van der Waals surface area contributed by atoms with Crippen molar-refractivity contribution in [2.45, 2.75) is 11.3 Å². The third kappa shape index (κ3) is 4.76. The molecular formula is C18H17FN4O5S. The van der Waals surface area contributed by atoms with Gasteiger partial charge in [-0.15, -0.1) is 0 Å². The van der Waals surface area contributed by atoms with Gasteiger partial charge in [-0.2, -0.15) is 0 Å². The van der Waals surface area contributed by atoms with Gasteiger partial charge in [0.1, 0.15) is 5.82 Å². The van der Waals surface area contributed by atoms with Crippen molar-refractivity contribution in [1.29, 1.82) is 0 Å². The Morgan fingerprint density at radius 2 is 1.79 bits per heavy atom. The highest BCUT2D eigenvalue weighted by Gasteiger charge is 2.15.